The summed E-state index contributed by atoms with van der Waals surface area (Å²) in [7, 11) is 0. The lowest BCUT2D eigenvalue weighted by atomic mass is 9.44. The minimum absolute atomic E-state index is 0.133. The number of aliphatic hydroxyl groups excluding tert-OH is 1. The van der Waals surface area contributed by atoms with Crippen LogP contribution in [0, 0.1) is 22.7 Å². The molecule has 0 bridgehead atoms. The zero-order chi connectivity index (χ0) is 24.3. The highest BCUT2D eigenvalue weighted by Crippen LogP contribution is 2.70. The molecular formula is C21H29FO5. The Morgan fingerprint density at radius 1 is 1.41 bits per heavy atom. The van der Waals surface area contributed by atoms with E-state index in [9.17, 15) is 24.9 Å². The number of allylic oxidation sites excluding steroid dienone is 1. The minimum atomic E-state index is -3.30. The van der Waals surface area contributed by atoms with Gasteiger partial charge in [-0.3, -0.25) is 9.59 Å². The number of carbonyl (C=O) groups excluding carboxylic acids is 2. The van der Waals surface area contributed by atoms with Crippen LogP contribution in [0.3, 0.4) is 0 Å². The van der Waals surface area contributed by atoms with Crippen molar-refractivity contribution in [3.63, 3.8) is 0 Å². The first-order valence-electron chi connectivity index (χ1n) is 12.0. The number of hydrogen-bond donors (Lipinski definition) is 3. The zero-order valence-electron chi connectivity index (χ0n) is 20.5. The highest BCUT2D eigenvalue weighted by atomic mass is 19.1. The van der Waals surface area contributed by atoms with Gasteiger partial charge in [0.1, 0.15) is 17.8 Å². The number of carbonyl (C=O) groups is 2. The van der Waals surface area contributed by atoms with Crippen molar-refractivity contribution in [3.05, 3.63) is 11.6 Å². The largest absolute Gasteiger partial charge is 0.390 e. The van der Waals surface area contributed by atoms with Crippen LogP contribution in [-0.4, -0.2) is 50.8 Å². The molecule has 27 heavy (non-hydrogen) atoms. The maximum absolute atomic E-state index is 17.1. The van der Waals surface area contributed by atoms with E-state index < -0.39 is 83.4 Å². The Hall–Kier alpha value is -1.11. The van der Waals surface area contributed by atoms with Gasteiger partial charge in [-0.05, 0) is 50.5 Å². The smallest absolute Gasteiger partial charge is 0.190 e. The van der Waals surface area contributed by atoms with E-state index in [2.05, 4.69) is 0 Å². The number of halogens is 1. The average Bonchev–Trinajstić information content (AvgIpc) is 2.91. The maximum atomic E-state index is 17.1. The lowest BCUT2D eigenvalue weighted by molar-refractivity contribution is -0.226. The highest BCUT2D eigenvalue weighted by Gasteiger charge is 2.74. The molecule has 6 heteroatoms. The van der Waals surface area contributed by atoms with E-state index in [1.807, 2.05) is 0 Å². The van der Waals surface area contributed by atoms with Crippen LogP contribution >= 0.6 is 0 Å². The van der Waals surface area contributed by atoms with Crippen LogP contribution in [0.15, 0.2) is 11.6 Å². The van der Waals surface area contributed by atoms with Crippen LogP contribution in [0.4, 0.5) is 4.39 Å². The second-order valence-corrected chi connectivity index (χ2v) is 9.12. The van der Waals surface area contributed by atoms with E-state index in [0.717, 1.165) is 0 Å². The van der Waals surface area contributed by atoms with Gasteiger partial charge in [0, 0.05) is 25.9 Å². The summed E-state index contributed by atoms with van der Waals surface area (Å²) in [5.41, 5.74) is -7.55. The lowest BCUT2D eigenvalue weighted by Crippen LogP contribution is -2.69. The number of aliphatic hydroxyl groups is 3. The van der Waals surface area contributed by atoms with E-state index in [-0.39, 0.29) is 31.3 Å². The minimum Gasteiger partial charge on any atom is -0.390 e. The molecule has 0 unspecified atom stereocenters. The van der Waals surface area contributed by atoms with Crippen molar-refractivity contribution in [2.75, 3.05) is 6.56 Å². The maximum Gasteiger partial charge on any atom is 0.190 e. The van der Waals surface area contributed by atoms with E-state index in [0.29, 0.717) is 0 Å². The van der Waals surface area contributed by atoms with E-state index in [4.69, 9.17) is 6.85 Å². The van der Waals surface area contributed by atoms with Gasteiger partial charge >= 0.3 is 0 Å². The fourth-order valence-electron chi connectivity index (χ4n) is 6.67. The Balaban J connectivity index is 1.84. The second kappa shape index (κ2) is 5.71. The van der Waals surface area contributed by atoms with Crippen LogP contribution in [0.25, 0.3) is 0 Å². The number of alkyl halides is 1. The van der Waals surface area contributed by atoms with Crippen LogP contribution in [0.5, 0.6) is 0 Å². The van der Waals surface area contributed by atoms with Gasteiger partial charge in [0.2, 0.25) is 0 Å². The molecule has 0 amide bonds. The van der Waals surface area contributed by atoms with Gasteiger partial charge in [0.05, 0.1) is 10.2 Å². The molecule has 0 aromatic rings. The van der Waals surface area contributed by atoms with Crippen molar-refractivity contribution in [1.29, 1.82) is 0 Å². The third kappa shape index (κ3) is 2.10. The normalized spacial score (nSPS) is 57.3. The van der Waals surface area contributed by atoms with Gasteiger partial charge in [-0.2, -0.15) is 0 Å². The molecule has 0 radical (unpaired) electrons. The standard InChI is InChI=1S/C21H29FO5/c1-18-7-5-13(24)9-12(18)3-4-15-14-6-8-20(27,17(26)11-23)19(14,2)10-16(25)21(15,18)22/h9,14-16,23,25,27H,3-8,10-11H2,1-2H3/t14-,15-,16-,18-,19-,20-,21-/m0/s1/i5D2,9D,11D2. The predicted molar refractivity (Wildman–Crippen MR) is 95.5 cm³/mol. The summed E-state index contributed by atoms with van der Waals surface area (Å²) in [6, 6.07) is -0.550. The Morgan fingerprint density at radius 2 is 2.11 bits per heavy atom. The monoisotopic (exact) mass is 385 g/mol. The fraction of sp³-hybridized carbons (Fsp3) is 0.810. The molecule has 0 aromatic carbocycles. The van der Waals surface area contributed by atoms with Gasteiger partial charge in [-0.15, -0.1) is 0 Å². The summed E-state index contributed by atoms with van der Waals surface area (Å²) in [4.78, 5) is 25.0. The molecule has 0 aromatic heterocycles. The van der Waals surface area contributed by atoms with Crippen LogP contribution in [-0.2, 0) is 9.59 Å². The highest BCUT2D eigenvalue weighted by molar-refractivity contribution is 5.92. The Kier molecular flexibility index (Phi) is 2.95. The van der Waals surface area contributed by atoms with Gasteiger partial charge in [0.15, 0.2) is 11.6 Å². The molecule has 150 valence electrons. The molecular weight excluding hydrogens is 351 g/mol. The first-order valence-corrected chi connectivity index (χ1v) is 9.49. The van der Waals surface area contributed by atoms with Gasteiger partial charge in [0.25, 0.3) is 0 Å². The SMILES string of the molecule is [2H]C1=C2CC[C@H]3[C@@H]4CC[C@](O)(C(=O)C([2H])([2H])O)[C@@]4(C)C[C@H](O)[C@]3(F)[C@@]2(C)CC([2H])([2H])C1=O. The number of ketones is 2. The van der Waals surface area contributed by atoms with Gasteiger partial charge in [-0.25, -0.2) is 4.39 Å². The molecule has 4 aliphatic carbocycles. The summed E-state index contributed by atoms with van der Waals surface area (Å²) >= 11 is 0. The third-order valence-corrected chi connectivity index (χ3v) is 8.27. The number of fused-ring (bicyclic) bond motifs is 5. The first-order chi connectivity index (χ1) is 14.4. The average molecular weight is 385 g/mol. The molecule has 4 aliphatic rings. The number of hydrogen-bond acceptors (Lipinski definition) is 5. The molecule has 7 atom stereocenters. The van der Waals surface area contributed by atoms with Crippen LogP contribution in [0.1, 0.15) is 65.6 Å². The third-order valence-electron chi connectivity index (χ3n) is 8.27. The van der Waals surface area contributed by atoms with Crippen molar-refractivity contribution < 1.29 is 36.2 Å². The summed E-state index contributed by atoms with van der Waals surface area (Å²) in [5, 5.41) is 32.1. The molecule has 5 nitrogen and oxygen atoms in total. The summed E-state index contributed by atoms with van der Waals surface area (Å²) in [6.07, 6.45) is -4.90. The van der Waals surface area contributed by atoms with Crippen molar-refractivity contribution in [2.24, 2.45) is 22.7 Å². The van der Waals surface area contributed by atoms with E-state index >= 15 is 4.39 Å². The van der Waals surface area contributed by atoms with Crippen LogP contribution < -0.4 is 0 Å². The van der Waals surface area contributed by atoms with Crippen molar-refractivity contribution in [1.82, 2.24) is 0 Å². The van der Waals surface area contributed by atoms with E-state index in [1.54, 1.807) is 0 Å². The van der Waals surface area contributed by atoms with Crippen molar-refractivity contribution >= 4 is 11.6 Å². The van der Waals surface area contributed by atoms with Crippen molar-refractivity contribution in [2.45, 2.75) is 76.1 Å². The Bertz CT molecular complexity index is 934. The Labute approximate surface area is 165 Å². The summed E-state index contributed by atoms with van der Waals surface area (Å²) in [6.45, 7) is -0.349. The number of rotatable bonds is 2. The lowest BCUT2D eigenvalue weighted by Gasteiger charge is -2.63. The predicted octanol–water partition coefficient (Wildman–Crippen LogP) is 1.87. The first kappa shape index (κ1) is 14.0. The number of Topliss-reactive ketones (excluding diaryl/α,β-unsaturated/α-hetero) is 1. The van der Waals surface area contributed by atoms with Crippen molar-refractivity contribution in [3.8, 4) is 0 Å². The Morgan fingerprint density at radius 3 is 2.78 bits per heavy atom. The summed E-state index contributed by atoms with van der Waals surface area (Å²) in [5.74, 6) is -3.96. The molecule has 0 heterocycles. The topological polar surface area (TPSA) is 94.8 Å². The quantitative estimate of drug-likeness (QED) is 0.675. The van der Waals surface area contributed by atoms with Gasteiger partial charge in [-0.1, -0.05) is 19.4 Å². The summed E-state index contributed by atoms with van der Waals surface area (Å²) < 4.78 is 56.4. The fourth-order valence-corrected chi connectivity index (χ4v) is 6.67. The van der Waals surface area contributed by atoms with Crippen LogP contribution in [0.2, 0.25) is 0 Å². The molecule has 4 rings (SSSR count). The molecule has 0 spiro atoms. The van der Waals surface area contributed by atoms with E-state index in [1.165, 1.54) is 13.8 Å². The molecule has 3 fully saturated rings. The molecule has 0 saturated heterocycles. The molecule has 0 aliphatic heterocycles. The zero-order valence-corrected chi connectivity index (χ0v) is 15.5. The van der Waals surface area contributed by atoms with Gasteiger partial charge < -0.3 is 15.3 Å². The molecule has 3 N–H and O–H groups in total. The molecule has 3 saturated carbocycles. The second-order valence-electron chi connectivity index (χ2n) is 9.12.